The molecule has 12 heavy (non-hydrogen) atoms. The van der Waals surface area contributed by atoms with Crippen LogP contribution in [0.25, 0.3) is 0 Å². The molecule has 0 heterocycles. The van der Waals surface area contributed by atoms with Gasteiger partial charge in [-0.15, -0.1) is 24.8 Å². The maximum Gasteiger partial charge on any atom is 0 e. The van der Waals surface area contributed by atoms with E-state index in [4.69, 9.17) is 0 Å². The van der Waals surface area contributed by atoms with E-state index in [1.165, 1.54) is 44.9 Å². The van der Waals surface area contributed by atoms with Crippen LogP contribution in [-0.2, 0) is 0 Å². The molecule has 0 aromatic rings. The zero-order chi connectivity index (χ0) is 6.95. The molecule has 0 saturated heterocycles. The Kier molecular flexibility index (Phi) is 43.0. The van der Waals surface area contributed by atoms with Gasteiger partial charge in [-0.1, -0.05) is 58.8 Å². The lowest BCUT2D eigenvalue weighted by Gasteiger charge is -1.96. The van der Waals surface area contributed by atoms with Crippen LogP contribution in [0, 0.1) is 0 Å². The van der Waals surface area contributed by atoms with Gasteiger partial charge in [0.2, 0.25) is 0 Å². The van der Waals surface area contributed by atoms with Gasteiger partial charge in [-0.3, -0.25) is 0 Å². The topological polar surface area (TPSA) is 30.5 Å². The van der Waals surface area contributed by atoms with E-state index in [2.05, 4.69) is 13.8 Å². The molecule has 0 aromatic carbocycles. The molecule has 0 spiro atoms. The van der Waals surface area contributed by atoms with Crippen LogP contribution in [0.3, 0.4) is 0 Å². The molecule has 3 heteroatoms. The number of rotatable bonds is 6. The van der Waals surface area contributed by atoms with Crippen molar-refractivity contribution in [2.24, 2.45) is 0 Å². The van der Waals surface area contributed by atoms with E-state index in [0.717, 1.165) is 0 Å². The van der Waals surface area contributed by atoms with Crippen LogP contribution in [-0.4, -0.2) is 0 Å². The van der Waals surface area contributed by atoms with Crippen LogP contribution in [0.2, 0.25) is 0 Å². The molecule has 0 bridgehead atoms. The summed E-state index contributed by atoms with van der Waals surface area (Å²) in [5.41, 5.74) is 0. The predicted octanol–water partition coefficient (Wildman–Crippen LogP) is 4.12. The van der Waals surface area contributed by atoms with Gasteiger partial charge >= 0.3 is 0 Å². The summed E-state index contributed by atoms with van der Waals surface area (Å²) in [4.78, 5) is 0. The third kappa shape index (κ3) is 22.4. The van der Waals surface area contributed by atoms with Gasteiger partial charge in [-0.05, 0) is 0 Å². The lowest BCUT2D eigenvalue weighted by molar-refractivity contribution is 0.602. The Labute approximate surface area is 90.1 Å². The molecule has 0 fully saturated rings. The zero-order valence-electron chi connectivity index (χ0n) is 8.21. The number of unbranched alkanes of at least 4 members (excludes halogenated alkanes) is 6. The van der Waals surface area contributed by atoms with Crippen molar-refractivity contribution in [3.8, 4) is 0 Å². The highest BCUT2D eigenvalue weighted by Crippen LogP contribution is 2.05. The highest BCUT2D eigenvalue weighted by molar-refractivity contribution is 5.85. The summed E-state index contributed by atoms with van der Waals surface area (Å²) in [5, 5.41) is 0. The molecule has 0 unspecified atom stereocenters. The number of halogens is 2. The average molecular weight is 215 g/mol. The third-order valence-corrected chi connectivity index (χ3v) is 1.71. The van der Waals surface area contributed by atoms with Crippen LogP contribution in [0.1, 0.15) is 58.8 Å². The first-order valence-electron chi connectivity index (χ1n) is 4.41. The van der Waals surface area contributed by atoms with Crippen molar-refractivity contribution in [2.45, 2.75) is 58.8 Å². The summed E-state index contributed by atoms with van der Waals surface area (Å²) in [6.45, 7) is 4.53. The normalized spacial score (nSPS) is 7.50. The molecular formula is C9H22Cl2N. The van der Waals surface area contributed by atoms with Crippen LogP contribution in [0.15, 0.2) is 0 Å². The lowest BCUT2D eigenvalue weighted by atomic mass is 10.1. The van der Waals surface area contributed by atoms with E-state index >= 15 is 0 Å². The van der Waals surface area contributed by atoms with E-state index in [1.807, 2.05) is 0 Å². The monoisotopic (exact) mass is 214 g/mol. The van der Waals surface area contributed by atoms with Gasteiger partial charge in [-0.2, -0.15) is 0 Å². The first-order chi connectivity index (χ1) is 4.41. The maximum atomic E-state index is 2.26. The molecular weight excluding hydrogens is 193 g/mol. The van der Waals surface area contributed by atoms with Gasteiger partial charge < -0.3 is 0 Å². The smallest absolute Gasteiger partial charge is 0 e. The largest absolute Gasteiger partial charge is 0.147 e. The molecule has 0 amide bonds. The molecule has 1 nitrogen and oxygen atoms in total. The minimum atomic E-state index is 0. The summed E-state index contributed by atoms with van der Waals surface area (Å²) in [7, 11) is 0. The number of hydrogen-bond donors (Lipinski definition) is 0. The van der Waals surface area contributed by atoms with Gasteiger partial charge in [-0.25, -0.2) is 0 Å². The highest BCUT2D eigenvalue weighted by atomic mass is 35.5. The molecule has 0 aliphatic heterocycles. The van der Waals surface area contributed by atoms with Crippen molar-refractivity contribution >= 4 is 24.8 Å². The first kappa shape index (κ1) is 22.9. The second-order valence-corrected chi connectivity index (χ2v) is 2.77. The first-order valence-corrected chi connectivity index (χ1v) is 4.41. The van der Waals surface area contributed by atoms with Crippen molar-refractivity contribution in [1.29, 1.82) is 0 Å². The Morgan fingerprint density at radius 2 is 0.833 bits per heavy atom. The summed E-state index contributed by atoms with van der Waals surface area (Å²) in [6, 6.07) is 0. The molecule has 0 aliphatic rings. The summed E-state index contributed by atoms with van der Waals surface area (Å²) >= 11 is 0. The third-order valence-electron chi connectivity index (χ3n) is 1.71. The van der Waals surface area contributed by atoms with Crippen molar-refractivity contribution in [2.75, 3.05) is 0 Å². The Balaban J connectivity index is -0.000000107. The molecule has 3 radical (unpaired) electrons. The second-order valence-electron chi connectivity index (χ2n) is 2.77. The van der Waals surface area contributed by atoms with E-state index in [0.29, 0.717) is 0 Å². The van der Waals surface area contributed by atoms with Crippen molar-refractivity contribution < 1.29 is 0 Å². The fourth-order valence-electron chi connectivity index (χ4n) is 1.03. The van der Waals surface area contributed by atoms with Crippen LogP contribution in [0.5, 0.6) is 0 Å². The zero-order valence-corrected chi connectivity index (χ0v) is 9.85. The fourth-order valence-corrected chi connectivity index (χ4v) is 1.03. The van der Waals surface area contributed by atoms with E-state index < -0.39 is 0 Å². The maximum absolute atomic E-state index is 2.26. The van der Waals surface area contributed by atoms with Crippen LogP contribution >= 0.6 is 24.8 Å². The Morgan fingerprint density at radius 1 is 0.583 bits per heavy atom. The fraction of sp³-hybridized carbons (Fsp3) is 1.00. The quantitative estimate of drug-likeness (QED) is 0.596. The van der Waals surface area contributed by atoms with E-state index in [1.54, 1.807) is 0 Å². The molecule has 0 N–H and O–H groups in total. The van der Waals surface area contributed by atoms with Crippen LogP contribution < -0.4 is 6.15 Å². The minimum Gasteiger partial charge on any atom is -0.147 e. The predicted molar refractivity (Wildman–Crippen MR) is 60.3 cm³/mol. The molecule has 0 aliphatic carbocycles. The Hall–Kier alpha value is 0.540. The van der Waals surface area contributed by atoms with Crippen LogP contribution in [0.4, 0.5) is 0 Å². The molecule has 0 aromatic heterocycles. The standard InChI is InChI=1S/C9H20.2ClH.N/c1-3-5-7-9-8-6-4-2;;;/h3-9H2,1-2H3;2*1H;. The van der Waals surface area contributed by atoms with E-state index in [-0.39, 0.29) is 31.0 Å². The van der Waals surface area contributed by atoms with Gasteiger partial charge in [0.25, 0.3) is 0 Å². The average Bonchev–Trinajstić information content (AvgIpc) is 1.89. The molecule has 77 valence electrons. The van der Waals surface area contributed by atoms with Crippen molar-refractivity contribution in [1.82, 2.24) is 6.15 Å². The molecule has 0 saturated carbocycles. The van der Waals surface area contributed by atoms with Gasteiger partial charge in [0.15, 0.2) is 0 Å². The Morgan fingerprint density at radius 3 is 1.08 bits per heavy atom. The van der Waals surface area contributed by atoms with Crippen molar-refractivity contribution in [3.05, 3.63) is 0 Å². The number of nitrogens with zero attached hydrogens (tertiary/aromatic N) is 1. The molecule has 0 rings (SSSR count). The Bertz CT molecular complexity index is 45.8. The minimum absolute atomic E-state index is 0. The number of hydrogen-bond acceptors (Lipinski definition) is 0. The van der Waals surface area contributed by atoms with Gasteiger partial charge in [0.1, 0.15) is 0 Å². The lowest BCUT2D eigenvalue weighted by Crippen LogP contribution is -1.76. The van der Waals surface area contributed by atoms with E-state index in [9.17, 15) is 0 Å². The van der Waals surface area contributed by atoms with Gasteiger partial charge in [0, 0.05) is 6.15 Å². The summed E-state index contributed by atoms with van der Waals surface area (Å²) < 4.78 is 0. The summed E-state index contributed by atoms with van der Waals surface area (Å²) in [6.07, 6.45) is 9.97. The van der Waals surface area contributed by atoms with Crippen molar-refractivity contribution in [3.63, 3.8) is 0 Å². The molecule has 0 atom stereocenters. The summed E-state index contributed by atoms with van der Waals surface area (Å²) in [5.74, 6) is 0. The second kappa shape index (κ2) is 22.5. The SMILES string of the molecule is CCCCCCCCC.Cl.Cl.[N]. The van der Waals surface area contributed by atoms with Gasteiger partial charge in [0.05, 0.1) is 0 Å². The highest BCUT2D eigenvalue weighted by Gasteiger charge is 1.85.